The van der Waals surface area contributed by atoms with Crippen molar-refractivity contribution in [1.29, 1.82) is 0 Å². The maximum Gasteiger partial charge on any atom is 0.264 e. The predicted octanol–water partition coefficient (Wildman–Crippen LogP) is 5.24. The number of benzene rings is 3. The Morgan fingerprint density at radius 3 is 2.34 bits per heavy atom. The summed E-state index contributed by atoms with van der Waals surface area (Å²) >= 11 is 0. The average Bonchev–Trinajstić information content (AvgIpc) is 2.69. The van der Waals surface area contributed by atoms with Crippen LogP contribution in [0.25, 0.3) is 0 Å². The highest BCUT2D eigenvalue weighted by molar-refractivity contribution is 7.92. The third kappa shape index (κ3) is 4.10. The summed E-state index contributed by atoms with van der Waals surface area (Å²) in [5.74, 6) is -0.716. The summed E-state index contributed by atoms with van der Waals surface area (Å²) in [5, 5.41) is 0. The van der Waals surface area contributed by atoms with Gasteiger partial charge in [-0.05, 0) is 55.8 Å². The van der Waals surface area contributed by atoms with Crippen molar-refractivity contribution in [1.82, 2.24) is 0 Å². The zero-order chi connectivity index (χ0) is 21.2. The lowest BCUT2D eigenvalue weighted by molar-refractivity contribution is 0.407. The fourth-order valence-electron chi connectivity index (χ4n) is 3.17. The van der Waals surface area contributed by atoms with Gasteiger partial charge < -0.3 is 4.74 Å². The zero-order valence-electron chi connectivity index (χ0n) is 16.3. The van der Waals surface area contributed by atoms with E-state index in [1.807, 2.05) is 0 Å². The largest absolute Gasteiger partial charge is 0.496 e. The molecule has 29 heavy (non-hydrogen) atoms. The summed E-state index contributed by atoms with van der Waals surface area (Å²) < 4.78 is 61.6. The molecule has 0 aliphatic carbocycles. The molecule has 0 radical (unpaired) electrons. The number of sulfonamides is 1. The Hall–Kier alpha value is -2.93. The molecule has 0 amide bonds. The zero-order valence-corrected chi connectivity index (χ0v) is 17.1. The van der Waals surface area contributed by atoms with Gasteiger partial charge in [0.2, 0.25) is 0 Å². The van der Waals surface area contributed by atoms with E-state index < -0.39 is 27.7 Å². The van der Waals surface area contributed by atoms with E-state index in [4.69, 9.17) is 4.74 Å². The standard InChI is InChI=1S/C22H21F2NO3S/c1-15-11-12-19(14-21(15)24)29(26,27)25(18-8-6-7-17(23)13-18)16(2)20-9-4-5-10-22(20)28-3/h4-14,16H,1-3H3. The number of hydrogen-bond acceptors (Lipinski definition) is 3. The Kier molecular flexibility index (Phi) is 5.88. The van der Waals surface area contributed by atoms with E-state index in [1.54, 1.807) is 38.1 Å². The van der Waals surface area contributed by atoms with Crippen LogP contribution in [-0.2, 0) is 10.0 Å². The molecular weight excluding hydrogens is 396 g/mol. The van der Waals surface area contributed by atoms with Crippen molar-refractivity contribution in [2.45, 2.75) is 24.8 Å². The number of hydrogen-bond donors (Lipinski definition) is 0. The molecule has 1 unspecified atom stereocenters. The van der Waals surface area contributed by atoms with Gasteiger partial charge in [0.25, 0.3) is 10.0 Å². The Balaban J connectivity index is 2.21. The van der Waals surface area contributed by atoms with Crippen LogP contribution < -0.4 is 9.04 Å². The topological polar surface area (TPSA) is 46.6 Å². The summed E-state index contributed by atoms with van der Waals surface area (Å²) in [6, 6.07) is 15.2. The van der Waals surface area contributed by atoms with Gasteiger partial charge in [0.1, 0.15) is 17.4 Å². The Labute approximate surface area is 169 Å². The molecule has 0 aromatic heterocycles. The molecule has 3 aromatic rings. The number of aryl methyl sites for hydroxylation is 1. The first-order valence-electron chi connectivity index (χ1n) is 8.94. The predicted molar refractivity (Wildman–Crippen MR) is 109 cm³/mol. The number of anilines is 1. The first-order valence-corrected chi connectivity index (χ1v) is 10.4. The van der Waals surface area contributed by atoms with Gasteiger partial charge in [0, 0.05) is 5.56 Å². The van der Waals surface area contributed by atoms with E-state index >= 15 is 0 Å². The number of halogens is 2. The molecule has 7 heteroatoms. The summed E-state index contributed by atoms with van der Waals surface area (Å²) in [4.78, 5) is -0.216. The van der Waals surface area contributed by atoms with Crippen molar-refractivity contribution in [2.24, 2.45) is 0 Å². The van der Waals surface area contributed by atoms with Crippen LogP contribution in [0.3, 0.4) is 0 Å². The van der Waals surface area contributed by atoms with Gasteiger partial charge in [-0.15, -0.1) is 0 Å². The number of rotatable bonds is 6. The number of para-hydroxylation sites is 1. The van der Waals surface area contributed by atoms with Gasteiger partial charge in [-0.3, -0.25) is 4.31 Å². The van der Waals surface area contributed by atoms with E-state index in [0.717, 1.165) is 16.4 Å². The van der Waals surface area contributed by atoms with Crippen LogP contribution in [0, 0.1) is 18.6 Å². The highest BCUT2D eigenvalue weighted by Gasteiger charge is 2.32. The van der Waals surface area contributed by atoms with Gasteiger partial charge in [-0.2, -0.15) is 0 Å². The summed E-state index contributed by atoms with van der Waals surface area (Å²) in [6.07, 6.45) is 0. The minimum absolute atomic E-state index is 0.129. The lowest BCUT2D eigenvalue weighted by Crippen LogP contribution is -2.34. The van der Waals surface area contributed by atoms with Crippen molar-refractivity contribution in [3.63, 3.8) is 0 Å². The van der Waals surface area contributed by atoms with E-state index in [-0.39, 0.29) is 10.6 Å². The molecule has 4 nitrogen and oxygen atoms in total. The molecule has 152 valence electrons. The van der Waals surface area contributed by atoms with Crippen LogP contribution >= 0.6 is 0 Å². The lowest BCUT2D eigenvalue weighted by Gasteiger charge is -2.31. The molecule has 1 atom stereocenters. The molecule has 0 heterocycles. The van der Waals surface area contributed by atoms with Crippen LogP contribution in [0.4, 0.5) is 14.5 Å². The van der Waals surface area contributed by atoms with Gasteiger partial charge in [0.15, 0.2) is 0 Å². The lowest BCUT2D eigenvalue weighted by atomic mass is 10.1. The smallest absolute Gasteiger partial charge is 0.264 e. The second-order valence-electron chi connectivity index (χ2n) is 6.61. The summed E-state index contributed by atoms with van der Waals surface area (Å²) in [6.45, 7) is 3.22. The van der Waals surface area contributed by atoms with Crippen LogP contribution in [0.2, 0.25) is 0 Å². The van der Waals surface area contributed by atoms with Gasteiger partial charge in [-0.1, -0.05) is 30.3 Å². The highest BCUT2D eigenvalue weighted by atomic mass is 32.2. The normalized spacial score (nSPS) is 12.4. The molecule has 3 rings (SSSR count). The average molecular weight is 417 g/mol. The van der Waals surface area contributed by atoms with Gasteiger partial charge >= 0.3 is 0 Å². The second kappa shape index (κ2) is 8.21. The third-order valence-corrected chi connectivity index (χ3v) is 6.60. The molecule has 0 aliphatic heterocycles. The van der Waals surface area contributed by atoms with E-state index in [0.29, 0.717) is 16.9 Å². The van der Waals surface area contributed by atoms with Crippen molar-refractivity contribution < 1.29 is 21.9 Å². The fraction of sp³-hybridized carbons (Fsp3) is 0.182. The molecule has 0 saturated carbocycles. The Morgan fingerprint density at radius 1 is 0.966 bits per heavy atom. The molecule has 3 aromatic carbocycles. The van der Waals surface area contributed by atoms with Crippen LogP contribution in [0.1, 0.15) is 24.1 Å². The Bertz CT molecular complexity index is 1130. The van der Waals surface area contributed by atoms with E-state index in [1.165, 1.54) is 37.4 Å². The number of ether oxygens (including phenoxy) is 1. The van der Waals surface area contributed by atoms with E-state index in [9.17, 15) is 17.2 Å². The first kappa shape index (κ1) is 20.8. The van der Waals surface area contributed by atoms with Crippen LogP contribution in [-0.4, -0.2) is 15.5 Å². The minimum atomic E-state index is -4.21. The number of methoxy groups -OCH3 is 1. The molecular formula is C22H21F2NO3S. The van der Waals surface area contributed by atoms with Crippen molar-refractivity contribution >= 4 is 15.7 Å². The highest BCUT2D eigenvalue weighted by Crippen LogP contribution is 2.37. The first-order chi connectivity index (χ1) is 13.8. The molecule has 0 aliphatic rings. The second-order valence-corrected chi connectivity index (χ2v) is 8.42. The Morgan fingerprint density at radius 2 is 1.69 bits per heavy atom. The molecule has 0 spiro atoms. The van der Waals surface area contributed by atoms with E-state index in [2.05, 4.69) is 0 Å². The summed E-state index contributed by atoms with van der Waals surface area (Å²) in [7, 11) is -2.72. The van der Waals surface area contributed by atoms with Gasteiger partial charge in [-0.25, -0.2) is 17.2 Å². The minimum Gasteiger partial charge on any atom is -0.496 e. The van der Waals surface area contributed by atoms with Crippen molar-refractivity contribution in [3.05, 3.63) is 89.5 Å². The third-order valence-electron chi connectivity index (χ3n) is 4.70. The van der Waals surface area contributed by atoms with Gasteiger partial charge in [0.05, 0.1) is 23.7 Å². The SMILES string of the molecule is COc1ccccc1C(C)N(c1cccc(F)c1)S(=O)(=O)c1ccc(C)c(F)c1. The molecule has 0 fully saturated rings. The van der Waals surface area contributed by atoms with Crippen LogP contribution in [0.5, 0.6) is 5.75 Å². The fourth-order valence-corrected chi connectivity index (χ4v) is 4.81. The van der Waals surface area contributed by atoms with Crippen molar-refractivity contribution in [2.75, 3.05) is 11.4 Å². The molecule has 0 N–H and O–H groups in total. The molecule has 0 saturated heterocycles. The monoisotopic (exact) mass is 417 g/mol. The molecule has 0 bridgehead atoms. The van der Waals surface area contributed by atoms with Crippen molar-refractivity contribution in [3.8, 4) is 5.75 Å². The summed E-state index contributed by atoms with van der Waals surface area (Å²) in [5.41, 5.74) is 1.05. The van der Waals surface area contributed by atoms with Crippen LogP contribution in [0.15, 0.2) is 71.6 Å². The quantitative estimate of drug-likeness (QED) is 0.551. The maximum atomic E-state index is 14.1. The number of nitrogens with zero attached hydrogens (tertiary/aromatic N) is 1. The maximum absolute atomic E-state index is 14.1.